The lowest BCUT2D eigenvalue weighted by Gasteiger charge is -2.35. The van der Waals surface area contributed by atoms with Crippen LogP contribution in [0.25, 0.3) is 11.0 Å². The van der Waals surface area contributed by atoms with E-state index in [4.69, 9.17) is 0 Å². The number of fused-ring (bicyclic) bond motifs is 1. The van der Waals surface area contributed by atoms with Crippen molar-refractivity contribution in [1.82, 2.24) is 39.6 Å². The highest BCUT2D eigenvalue weighted by Crippen LogP contribution is 2.23. The van der Waals surface area contributed by atoms with Gasteiger partial charge in [-0.25, -0.2) is 9.97 Å². The lowest BCUT2D eigenvalue weighted by Crippen LogP contribution is -2.46. The topological polar surface area (TPSA) is 80.8 Å². The number of aryl methyl sites for hydroxylation is 2. The molecule has 23 heavy (non-hydrogen) atoms. The third-order valence-electron chi connectivity index (χ3n) is 4.21. The Balaban J connectivity index is 1.46. The number of hydrogen-bond donors (Lipinski definition) is 0. The molecule has 0 aliphatic carbocycles. The minimum absolute atomic E-state index is 0.841. The van der Waals surface area contributed by atoms with E-state index >= 15 is 0 Å². The van der Waals surface area contributed by atoms with Crippen LogP contribution in [0.1, 0.15) is 5.69 Å². The van der Waals surface area contributed by atoms with E-state index in [0.29, 0.717) is 0 Å². The van der Waals surface area contributed by atoms with Gasteiger partial charge in [-0.15, -0.1) is 0 Å². The molecular weight excluding hydrogens is 294 g/mol. The fourth-order valence-electron chi connectivity index (χ4n) is 3.01. The van der Waals surface area contributed by atoms with Gasteiger partial charge in [0.05, 0.1) is 23.5 Å². The van der Waals surface area contributed by atoms with Crippen LogP contribution in [-0.2, 0) is 20.6 Å². The Kier molecular flexibility index (Phi) is 3.41. The van der Waals surface area contributed by atoms with Crippen LogP contribution in [0.2, 0.25) is 0 Å². The van der Waals surface area contributed by atoms with Crippen molar-refractivity contribution in [2.45, 2.75) is 6.54 Å². The first kappa shape index (κ1) is 14.1. The van der Waals surface area contributed by atoms with Crippen LogP contribution in [-0.4, -0.2) is 65.8 Å². The number of nitrogens with zero attached hydrogens (tertiary/aromatic N) is 9. The SMILES string of the molecule is Cn1ncc(CN2CCN(c3ncnc4c3cnn4C)CC2)n1. The van der Waals surface area contributed by atoms with Gasteiger partial charge in [0.15, 0.2) is 5.65 Å². The van der Waals surface area contributed by atoms with Crippen molar-refractivity contribution in [3.63, 3.8) is 0 Å². The molecule has 1 saturated heterocycles. The summed E-state index contributed by atoms with van der Waals surface area (Å²) in [6, 6.07) is 0. The minimum atomic E-state index is 0.841. The van der Waals surface area contributed by atoms with E-state index in [0.717, 1.165) is 55.3 Å². The molecule has 0 unspecified atom stereocenters. The minimum Gasteiger partial charge on any atom is -0.353 e. The van der Waals surface area contributed by atoms with Crippen molar-refractivity contribution < 1.29 is 0 Å². The van der Waals surface area contributed by atoms with Crippen LogP contribution >= 0.6 is 0 Å². The zero-order valence-corrected chi connectivity index (χ0v) is 13.3. The van der Waals surface area contributed by atoms with Gasteiger partial charge < -0.3 is 4.90 Å². The van der Waals surface area contributed by atoms with Gasteiger partial charge in [0, 0.05) is 46.8 Å². The van der Waals surface area contributed by atoms with Crippen molar-refractivity contribution in [3.8, 4) is 0 Å². The van der Waals surface area contributed by atoms with E-state index in [1.54, 1.807) is 15.8 Å². The van der Waals surface area contributed by atoms with E-state index < -0.39 is 0 Å². The van der Waals surface area contributed by atoms with E-state index in [-0.39, 0.29) is 0 Å². The van der Waals surface area contributed by atoms with E-state index in [2.05, 4.69) is 35.1 Å². The van der Waals surface area contributed by atoms with Gasteiger partial charge in [0.1, 0.15) is 12.1 Å². The molecule has 0 spiro atoms. The summed E-state index contributed by atoms with van der Waals surface area (Å²) in [5.41, 5.74) is 1.88. The van der Waals surface area contributed by atoms with Crippen LogP contribution in [0.5, 0.6) is 0 Å². The second-order valence-electron chi connectivity index (χ2n) is 5.79. The molecule has 0 amide bonds. The summed E-state index contributed by atoms with van der Waals surface area (Å²) >= 11 is 0. The Hall–Kier alpha value is -2.55. The summed E-state index contributed by atoms with van der Waals surface area (Å²) in [4.78, 5) is 15.1. The van der Waals surface area contributed by atoms with Crippen molar-refractivity contribution in [3.05, 3.63) is 24.4 Å². The fourth-order valence-corrected chi connectivity index (χ4v) is 3.01. The molecule has 1 fully saturated rings. The molecule has 3 aromatic heterocycles. The van der Waals surface area contributed by atoms with Gasteiger partial charge in [-0.05, 0) is 0 Å². The third-order valence-corrected chi connectivity index (χ3v) is 4.21. The Bertz CT molecular complexity index is 813. The first-order valence-electron chi connectivity index (χ1n) is 7.66. The van der Waals surface area contributed by atoms with Gasteiger partial charge in [0.25, 0.3) is 0 Å². The molecule has 0 bridgehead atoms. The molecule has 0 saturated carbocycles. The van der Waals surface area contributed by atoms with Crippen LogP contribution in [0.3, 0.4) is 0 Å². The number of hydrogen-bond acceptors (Lipinski definition) is 7. The monoisotopic (exact) mass is 313 g/mol. The summed E-state index contributed by atoms with van der Waals surface area (Å²) in [5, 5.41) is 13.8. The average Bonchev–Trinajstić information content (AvgIpc) is 3.14. The van der Waals surface area contributed by atoms with Crippen LogP contribution in [0.15, 0.2) is 18.7 Å². The van der Waals surface area contributed by atoms with Crippen molar-refractivity contribution in [2.24, 2.45) is 14.1 Å². The molecule has 9 nitrogen and oxygen atoms in total. The second kappa shape index (κ2) is 5.58. The second-order valence-corrected chi connectivity index (χ2v) is 5.79. The Morgan fingerprint density at radius 3 is 2.57 bits per heavy atom. The average molecular weight is 313 g/mol. The zero-order chi connectivity index (χ0) is 15.8. The molecule has 1 aliphatic heterocycles. The number of aromatic nitrogens is 7. The molecule has 3 aromatic rings. The maximum atomic E-state index is 4.47. The van der Waals surface area contributed by atoms with Crippen LogP contribution < -0.4 is 4.90 Å². The molecular formula is C14H19N9. The lowest BCUT2D eigenvalue weighted by molar-refractivity contribution is 0.246. The zero-order valence-electron chi connectivity index (χ0n) is 13.3. The normalized spacial score (nSPS) is 16.3. The lowest BCUT2D eigenvalue weighted by atomic mass is 10.2. The third kappa shape index (κ3) is 2.63. The van der Waals surface area contributed by atoms with Gasteiger partial charge in [-0.2, -0.15) is 20.1 Å². The fraction of sp³-hybridized carbons (Fsp3) is 0.500. The standard InChI is InChI=1S/C14H19N9/c1-20-13-12(8-17-20)14(16-10-15-13)23-5-3-22(4-6-23)9-11-7-18-21(2)19-11/h7-8,10H,3-6,9H2,1-2H3. The summed E-state index contributed by atoms with van der Waals surface area (Å²) < 4.78 is 1.78. The van der Waals surface area contributed by atoms with Gasteiger partial charge >= 0.3 is 0 Å². The van der Waals surface area contributed by atoms with Crippen molar-refractivity contribution in [2.75, 3.05) is 31.1 Å². The Morgan fingerprint density at radius 2 is 1.83 bits per heavy atom. The summed E-state index contributed by atoms with van der Waals surface area (Å²) in [6.07, 6.45) is 5.29. The quantitative estimate of drug-likeness (QED) is 0.663. The van der Waals surface area contributed by atoms with E-state index in [1.165, 1.54) is 0 Å². The molecule has 0 aromatic carbocycles. The van der Waals surface area contributed by atoms with Gasteiger partial charge in [-0.3, -0.25) is 9.58 Å². The Morgan fingerprint density at radius 1 is 1.00 bits per heavy atom. The van der Waals surface area contributed by atoms with Gasteiger partial charge in [0.2, 0.25) is 0 Å². The molecule has 0 atom stereocenters. The van der Waals surface area contributed by atoms with E-state index in [1.807, 2.05) is 26.5 Å². The number of piperazine rings is 1. The summed E-state index contributed by atoms with van der Waals surface area (Å²) in [7, 11) is 3.74. The largest absolute Gasteiger partial charge is 0.353 e. The predicted octanol–water partition coefficient (Wildman–Crippen LogP) is -0.186. The number of rotatable bonds is 3. The van der Waals surface area contributed by atoms with Gasteiger partial charge in [-0.1, -0.05) is 0 Å². The summed E-state index contributed by atoms with van der Waals surface area (Å²) in [6.45, 7) is 4.65. The maximum absolute atomic E-state index is 4.47. The summed E-state index contributed by atoms with van der Waals surface area (Å²) in [5.74, 6) is 0.974. The van der Waals surface area contributed by atoms with Crippen molar-refractivity contribution >= 4 is 16.9 Å². The molecule has 0 radical (unpaired) electrons. The first-order valence-corrected chi connectivity index (χ1v) is 7.66. The number of anilines is 1. The van der Waals surface area contributed by atoms with Crippen LogP contribution in [0, 0.1) is 0 Å². The maximum Gasteiger partial charge on any atom is 0.163 e. The van der Waals surface area contributed by atoms with Crippen LogP contribution in [0.4, 0.5) is 5.82 Å². The molecule has 9 heteroatoms. The molecule has 0 N–H and O–H groups in total. The molecule has 120 valence electrons. The smallest absolute Gasteiger partial charge is 0.163 e. The van der Waals surface area contributed by atoms with Crippen molar-refractivity contribution in [1.29, 1.82) is 0 Å². The molecule has 1 aliphatic rings. The first-order chi connectivity index (χ1) is 11.2. The molecule has 4 rings (SSSR count). The van der Waals surface area contributed by atoms with E-state index in [9.17, 15) is 0 Å². The Labute approximate surface area is 133 Å². The highest BCUT2D eigenvalue weighted by atomic mass is 15.5. The highest BCUT2D eigenvalue weighted by molar-refractivity contribution is 5.86. The highest BCUT2D eigenvalue weighted by Gasteiger charge is 2.21. The predicted molar refractivity (Wildman–Crippen MR) is 84.8 cm³/mol. The molecule has 4 heterocycles.